The van der Waals surface area contributed by atoms with Crippen LogP contribution in [0.5, 0.6) is 23.0 Å². The van der Waals surface area contributed by atoms with Crippen molar-refractivity contribution in [1.82, 2.24) is 0 Å². The van der Waals surface area contributed by atoms with E-state index in [1.807, 2.05) is 0 Å². The Balaban J connectivity index is 2.31. The molecule has 0 saturated carbocycles. The SMILES string of the molecule is COc1cc(OC)c(C=C[S+]([O-])Cc2ccc(OC)c(C(CC(=O)Cl)C(=O)O)c2)c(OC)c1. The molecule has 33 heavy (non-hydrogen) atoms. The maximum Gasteiger partial charge on any atom is 0.311 e. The molecule has 10 heteroatoms. The lowest BCUT2D eigenvalue weighted by molar-refractivity contribution is -0.140. The van der Waals surface area contributed by atoms with Crippen molar-refractivity contribution in [2.24, 2.45) is 0 Å². The van der Waals surface area contributed by atoms with Gasteiger partial charge in [-0.2, -0.15) is 0 Å². The minimum Gasteiger partial charge on any atom is -0.612 e. The number of carbonyl (C=O) groups excluding carboxylic acids is 1. The molecule has 0 spiro atoms. The number of halogens is 1. The molecule has 2 atom stereocenters. The largest absolute Gasteiger partial charge is 0.612 e. The maximum atomic E-state index is 12.8. The van der Waals surface area contributed by atoms with Crippen molar-refractivity contribution in [2.45, 2.75) is 18.1 Å². The molecule has 0 aliphatic carbocycles. The Hall–Kier alpha value is -2.88. The second kappa shape index (κ2) is 12.4. The fourth-order valence-electron chi connectivity index (χ4n) is 3.19. The minimum absolute atomic E-state index is 0.107. The van der Waals surface area contributed by atoms with Gasteiger partial charge < -0.3 is 28.6 Å². The van der Waals surface area contributed by atoms with Gasteiger partial charge >= 0.3 is 5.97 Å². The average molecular weight is 497 g/mol. The Morgan fingerprint density at radius 3 is 2.12 bits per heavy atom. The van der Waals surface area contributed by atoms with Crippen LogP contribution in [0.1, 0.15) is 29.0 Å². The fraction of sp³-hybridized carbons (Fsp3) is 0.304. The molecule has 0 bridgehead atoms. The van der Waals surface area contributed by atoms with Crippen molar-refractivity contribution in [1.29, 1.82) is 0 Å². The van der Waals surface area contributed by atoms with E-state index in [0.29, 0.717) is 34.1 Å². The summed E-state index contributed by atoms with van der Waals surface area (Å²) in [6, 6.07) is 8.20. The number of carbonyl (C=O) groups is 2. The van der Waals surface area contributed by atoms with Gasteiger partial charge in [0.15, 0.2) is 0 Å². The summed E-state index contributed by atoms with van der Waals surface area (Å²) in [4.78, 5) is 23.0. The topological polar surface area (TPSA) is 114 Å². The third-order valence-electron chi connectivity index (χ3n) is 4.78. The summed E-state index contributed by atoms with van der Waals surface area (Å²) in [6.07, 6.45) is 1.24. The number of hydrogen-bond acceptors (Lipinski definition) is 7. The molecule has 0 aliphatic rings. The van der Waals surface area contributed by atoms with E-state index in [0.717, 1.165) is 0 Å². The van der Waals surface area contributed by atoms with Crippen LogP contribution < -0.4 is 18.9 Å². The van der Waals surface area contributed by atoms with Crippen molar-refractivity contribution >= 4 is 40.1 Å². The molecular weight excluding hydrogens is 472 g/mol. The Morgan fingerprint density at radius 2 is 1.64 bits per heavy atom. The van der Waals surface area contributed by atoms with Gasteiger partial charge in [-0.25, -0.2) is 0 Å². The number of carboxylic acids is 1. The summed E-state index contributed by atoms with van der Waals surface area (Å²) >= 11 is 3.97. The highest BCUT2D eigenvalue weighted by molar-refractivity contribution is 7.93. The van der Waals surface area contributed by atoms with Crippen LogP contribution >= 0.6 is 11.6 Å². The van der Waals surface area contributed by atoms with Crippen molar-refractivity contribution in [3.05, 3.63) is 52.4 Å². The van der Waals surface area contributed by atoms with Crippen molar-refractivity contribution < 1.29 is 38.2 Å². The normalized spacial score (nSPS) is 12.8. The second-order valence-electron chi connectivity index (χ2n) is 6.80. The van der Waals surface area contributed by atoms with E-state index in [4.69, 9.17) is 30.5 Å². The number of rotatable bonds is 12. The lowest BCUT2D eigenvalue weighted by atomic mass is 9.94. The van der Waals surface area contributed by atoms with Crippen molar-refractivity contribution in [3.8, 4) is 23.0 Å². The monoisotopic (exact) mass is 496 g/mol. The number of ether oxygens (including phenoxy) is 4. The van der Waals surface area contributed by atoms with Gasteiger partial charge in [-0.05, 0) is 34.9 Å². The van der Waals surface area contributed by atoms with E-state index in [9.17, 15) is 19.2 Å². The number of benzene rings is 2. The Labute approximate surface area is 200 Å². The third kappa shape index (κ3) is 7.05. The Bertz CT molecular complexity index is 999. The Kier molecular flexibility index (Phi) is 9.90. The van der Waals surface area contributed by atoms with Gasteiger partial charge in [0.2, 0.25) is 5.24 Å². The van der Waals surface area contributed by atoms with E-state index < -0.39 is 34.7 Å². The number of aliphatic carboxylic acids is 1. The number of methoxy groups -OCH3 is 4. The fourth-order valence-corrected chi connectivity index (χ4v) is 4.24. The van der Waals surface area contributed by atoms with Gasteiger partial charge in [-0.3, -0.25) is 9.59 Å². The molecule has 1 N–H and O–H groups in total. The van der Waals surface area contributed by atoms with Crippen LogP contribution in [-0.4, -0.2) is 49.3 Å². The molecule has 2 aromatic carbocycles. The van der Waals surface area contributed by atoms with Crippen LogP contribution in [0.3, 0.4) is 0 Å². The average Bonchev–Trinajstić information content (AvgIpc) is 2.80. The molecule has 8 nitrogen and oxygen atoms in total. The summed E-state index contributed by atoms with van der Waals surface area (Å²) in [5.74, 6) is -0.451. The third-order valence-corrected chi connectivity index (χ3v) is 5.99. The van der Waals surface area contributed by atoms with Gasteiger partial charge in [0.25, 0.3) is 0 Å². The van der Waals surface area contributed by atoms with E-state index >= 15 is 0 Å². The van der Waals surface area contributed by atoms with Gasteiger partial charge in [0, 0.05) is 35.8 Å². The molecule has 0 saturated heterocycles. The summed E-state index contributed by atoms with van der Waals surface area (Å²) < 4.78 is 34.0. The van der Waals surface area contributed by atoms with Crippen LogP contribution in [-0.2, 0) is 26.5 Å². The molecular formula is C23H25ClO8S. The first kappa shape index (κ1) is 26.4. The van der Waals surface area contributed by atoms with Crippen molar-refractivity contribution in [2.75, 3.05) is 28.4 Å². The van der Waals surface area contributed by atoms with E-state index in [2.05, 4.69) is 0 Å². The molecule has 0 radical (unpaired) electrons. The molecule has 0 fully saturated rings. The molecule has 2 unspecified atom stereocenters. The molecule has 0 heterocycles. The first-order valence-electron chi connectivity index (χ1n) is 9.67. The van der Waals surface area contributed by atoms with E-state index in [1.165, 1.54) is 33.8 Å². The van der Waals surface area contributed by atoms with Gasteiger partial charge in [0.1, 0.15) is 34.2 Å². The molecule has 0 aromatic heterocycles. The van der Waals surface area contributed by atoms with Gasteiger partial charge in [-0.1, -0.05) is 6.07 Å². The summed E-state index contributed by atoms with van der Waals surface area (Å²) in [7, 11) is 5.94. The standard InChI is InChI=1S/C23H25ClO8S/c1-29-15-10-20(31-3)16(21(11-15)32-4)7-8-33(28)13-14-5-6-19(30-2)17(9-14)18(23(26)27)12-22(24)25/h5-11,18H,12-13H2,1-4H3,(H,26,27). The molecule has 2 aromatic rings. The summed E-state index contributed by atoms with van der Waals surface area (Å²) in [5, 5.41) is 10.3. The summed E-state index contributed by atoms with van der Waals surface area (Å²) in [5.41, 5.74) is 1.49. The lowest BCUT2D eigenvalue weighted by Crippen LogP contribution is -2.15. The maximum absolute atomic E-state index is 12.8. The van der Waals surface area contributed by atoms with Crippen LogP contribution in [0, 0.1) is 0 Å². The molecule has 178 valence electrons. The molecule has 0 aliphatic heterocycles. The van der Waals surface area contributed by atoms with Crippen LogP contribution in [0.25, 0.3) is 6.08 Å². The second-order valence-corrected chi connectivity index (χ2v) is 8.54. The number of hydrogen-bond donors (Lipinski definition) is 1. The molecule has 0 amide bonds. The van der Waals surface area contributed by atoms with E-state index in [1.54, 1.807) is 36.4 Å². The van der Waals surface area contributed by atoms with Crippen LogP contribution in [0.4, 0.5) is 0 Å². The van der Waals surface area contributed by atoms with Crippen molar-refractivity contribution in [3.63, 3.8) is 0 Å². The summed E-state index contributed by atoms with van der Waals surface area (Å²) in [6.45, 7) is 0. The number of carboxylic acid groups (broad SMARTS) is 1. The van der Waals surface area contributed by atoms with E-state index in [-0.39, 0.29) is 11.3 Å². The quantitative estimate of drug-likeness (QED) is 0.347. The first-order chi connectivity index (χ1) is 15.7. The first-order valence-corrected chi connectivity index (χ1v) is 11.4. The van der Waals surface area contributed by atoms with Gasteiger partial charge in [-0.15, -0.1) is 0 Å². The minimum atomic E-state index is -1.45. The lowest BCUT2D eigenvalue weighted by Gasteiger charge is -2.16. The van der Waals surface area contributed by atoms with Gasteiger partial charge in [0.05, 0.1) is 39.9 Å². The van der Waals surface area contributed by atoms with Crippen LogP contribution in [0.15, 0.2) is 35.7 Å². The zero-order valence-corrected chi connectivity index (χ0v) is 20.2. The smallest absolute Gasteiger partial charge is 0.311 e. The molecule has 2 rings (SSSR count). The zero-order chi connectivity index (χ0) is 24.5. The highest BCUT2D eigenvalue weighted by atomic mass is 35.5. The predicted molar refractivity (Wildman–Crippen MR) is 126 cm³/mol. The zero-order valence-electron chi connectivity index (χ0n) is 18.6. The Morgan fingerprint density at radius 1 is 1.03 bits per heavy atom. The van der Waals surface area contributed by atoms with Crippen LogP contribution in [0.2, 0.25) is 0 Å². The highest BCUT2D eigenvalue weighted by Gasteiger charge is 2.26. The predicted octanol–water partition coefficient (Wildman–Crippen LogP) is 3.96. The highest BCUT2D eigenvalue weighted by Crippen LogP contribution is 2.36.